The Morgan fingerprint density at radius 2 is 2.00 bits per heavy atom. The first kappa shape index (κ1) is 14.9. The van der Waals surface area contributed by atoms with Gasteiger partial charge in [-0.05, 0) is 47.8 Å². The molecule has 0 heterocycles. The summed E-state index contributed by atoms with van der Waals surface area (Å²) >= 11 is 0. The average Bonchev–Trinajstić information content (AvgIpc) is 2.66. The fraction of sp³-hybridized carbons (Fsp3) is 0.941. The van der Waals surface area contributed by atoms with E-state index in [1.807, 2.05) is 0 Å². The molecular weight excluding hydrogens is 232 g/mol. The van der Waals surface area contributed by atoms with Gasteiger partial charge in [-0.3, -0.25) is 0 Å². The number of hydrogen-bond donors (Lipinski definition) is 1. The quantitative estimate of drug-likeness (QED) is 0.809. The Bertz CT molecular complexity index is 377. The Hall–Kier alpha value is -0.550. The lowest BCUT2D eigenvalue weighted by Crippen LogP contribution is -2.47. The summed E-state index contributed by atoms with van der Waals surface area (Å²) in [7, 11) is 0. The minimum atomic E-state index is 0.234. The molecule has 19 heavy (non-hydrogen) atoms. The van der Waals surface area contributed by atoms with Crippen LogP contribution in [0.3, 0.4) is 0 Å². The Balaban J connectivity index is 1.94. The fourth-order valence-electron chi connectivity index (χ4n) is 4.39. The molecule has 0 aliphatic heterocycles. The maximum Gasteiger partial charge on any atom is 0.0621 e. The third-order valence-electron chi connectivity index (χ3n) is 6.53. The van der Waals surface area contributed by atoms with Crippen molar-refractivity contribution in [1.82, 2.24) is 5.32 Å². The van der Waals surface area contributed by atoms with Crippen molar-refractivity contribution in [3.05, 3.63) is 0 Å². The number of fused-ring (bicyclic) bond motifs is 2. The van der Waals surface area contributed by atoms with Crippen molar-refractivity contribution in [2.24, 2.45) is 22.2 Å². The largest absolute Gasteiger partial charge is 0.313 e. The van der Waals surface area contributed by atoms with E-state index in [1.165, 1.54) is 19.3 Å². The van der Waals surface area contributed by atoms with E-state index in [9.17, 15) is 0 Å². The Morgan fingerprint density at radius 3 is 2.47 bits per heavy atom. The number of rotatable bonds is 5. The van der Waals surface area contributed by atoms with E-state index in [0.29, 0.717) is 23.3 Å². The summed E-state index contributed by atoms with van der Waals surface area (Å²) in [6, 6.07) is 2.94. The van der Waals surface area contributed by atoms with Gasteiger partial charge in [-0.15, -0.1) is 0 Å². The molecule has 3 unspecified atom stereocenters. The molecule has 0 amide bonds. The predicted octanol–water partition coefficient (Wildman–Crippen LogP) is 4.12. The van der Waals surface area contributed by atoms with Crippen molar-refractivity contribution >= 4 is 0 Å². The van der Waals surface area contributed by atoms with E-state index in [2.05, 4.69) is 46.0 Å². The summed E-state index contributed by atoms with van der Waals surface area (Å²) in [6.07, 6.45) is 5.80. The van der Waals surface area contributed by atoms with Crippen LogP contribution in [0.1, 0.15) is 66.7 Å². The van der Waals surface area contributed by atoms with Crippen LogP contribution in [0, 0.1) is 33.5 Å². The maximum atomic E-state index is 8.73. The van der Waals surface area contributed by atoms with Crippen LogP contribution in [0.15, 0.2) is 0 Å². The zero-order valence-electron chi connectivity index (χ0n) is 13.3. The molecule has 2 bridgehead atoms. The molecule has 3 atom stereocenters. The Labute approximate surface area is 119 Å². The average molecular weight is 262 g/mol. The van der Waals surface area contributed by atoms with E-state index in [4.69, 9.17) is 5.26 Å². The summed E-state index contributed by atoms with van der Waals surface area (Å²) in [4.78, 5) is 0. The van der Waals surface area contributed by atoms with Crippen molar-refractivity contribution < 1.29 is 0 Å². The number of nitriles is 1. The lowest BCUT2D eigenvalue weighted by Gasteiger charge is -2.41. The van der Waals surface area contributed by atoms with Gasteiger partial charge in [0.1, 0.15) is 0 Å². The van der Waals surface area contributed by atoms with Crippen LogP contribution in [0.5, 0.6) is 0 Å². The van der Waals surface area contributed by atoms with Gasteiger partial charge in [-0.2, -0.15) is 5.26 Å². The molecule has 1 N–H and O–H groups in total. The third kappa shape index (κ3) is 2.42. The van der Waals surface area contributed by atoms with Crippen LogP contribution in [0.4, 0.5) is 0 Å². The lowest BCUT2D eigenvalue weighted by molar-refractivity contribution is 0.114. The summed E-state index contributed by atoms with van der Waals surface area (Å²) < 4.78 is 0. The standard InChI is InChI=1S/C17H30N2/c1-15(2,8-6-10-18)12-19-14-11-13-7-9-17(14,5)16(13,3)4/h13-14,19H,6-9,11-12H2,1-5H3. The summed E-state index contributed by atoms with van der Waals surface area (Å²) in [5, 5.41) is 12.6. The van der Waals surface area contributed by atoms with Gasteiger partial charge >= 0.3 is 0 Å². The molecule has 108 valence electrons. The molecule has 2 heteroatoms. The van der Waals surface area contributed by atoms with Gasteiger partial charge in [0, 0.05) is 19.0 Å². The van der Waals surface area contributed by atoms with Crippen LogP contribution in [0.2, 0.25) is 0 Å². The second kappa shape index (κ2) is 4.77. The molecule has 2 nitrogen and oxygen atoms in total. The predicted molar refractivity (Wildman–Crippen MR) is 79.6 cm³/mol. The lowest BCUT2D eigenvalue weighted by atomic mass is 9.69. The van der Waals surface area contributed by atoms with E-state index in [1.54, 1.807) is 0 Å². The fourth-order valence-corrected chi connectivity index (χ4v) is 4.39. The van der Waals surface area contributed by atoms with E-state index in [-0.39, 0.29) is 5.41 Å². The van der Waals surface area contributed by atoms with E-state index >= 15 is 0 Å². The zero-order chi connectivity index (χ0) is 14.3. The van der Waals surface area contributed by atoms with Crippen LogP contribution in [-0.4, -0.2) is 12.6 Å². The van der Waals surface area contributed by atoms with E-state index < -0.39 is 0 Å². The zero-order valence-corrected chi connectivity index (χ0v) is 13.3. The van der Waals surface area contributed by atoms with Crippen molar-refractivity contribution in [2.75, 3.05) is 6.54 Å². The summed E-state index contributed by atoms with van der Waals surface area (Å²) in [5.74, 6) is 0.900. The van der Waals surface area contributed by atoms with Gasteiger partial charge in [0.15, 0.2) is 0 Å². The molecule has 2 aliphatic rings. The second-order valence-electron chi connectivity index (χ2n) is 8.37. The first-order valence-electron chi connectivity index (χ1n) is 7.83. The SMILES string of the molecule is CC(C)(CCC#N)CNC1CC2CCC1(C)C2(C)C. The van der Waals surface area contributed by atoms with Gasteiger partial charge in [0.05, 0.1) is 6.07 Å². The maximum absolute atomic E-state index is 8.73. The van der Waals surface area contributed by atoms with Crippen LogP contribution in [0.25, 0.3) is 0 Å². The second-order valence-corrected chi connectivity index (χ2v) is 8.37. The number of nitrogens with zero attached hydrogens (tertiary/aromatic N) is 1. The molecule has 2 rings (SSSR count). The molecule has 0 saturated heterocycles. The third-order valence-corrected chi connectivity index (χ3v) is 6.53. The van der Waals surface area contributed by atoms with Gasteiger partial charge in [-0.25, -0.2) is 0 Å². The minimum Gasteiger partial charge on any atom is -0.313 e. The van der Waals surface area contributed by atoms with Crippen LogP contribution >= 0.6 is 0 Å². The van der Waals surface area contributed by atoms with Crippen molar-refractivity contribution in [3.63, 3.8) is 0 Å². The molecule has 0 radical (unpaired) electrons. The van der Waals surface area contributed by atoms with E-state index in [0.717, 1.165) is 18.9 Å². The molecular formula is C17H30N2. The Kier molecular flexibility index (Phi) is 3.73. The number of nitrogens with one attached hydrogen (secondary N) is 1. The molecule has 0 spiro atoms. The van der Waals surface area contributed by atoms with Crippen molar-refractivity contribution in [1.29, 1.82) is 5.26 Å². The topological polar surface area (TPSA) is 35.8 Å². The normalized spacial score (nSPS) is 36.4. The highest BCUT2D eigenvalue weighted by molar-refractivity contribution is 5.13. The first-order valence-corrected chi connectivity index (χ1v) is 7.83. The molecule has 0 aromatic rings. The molecule has 2 saturated carbocycles. The highest BCUT2D eigenvalue weighted by Gasteiger charge is 2.61. The molecule has 2 aliphatic carbocycles. The van der Waals surface area contributed by atoms with Crippen molar-refractivity contribution in [3.8, 4) is 6.07 Å². The van der Waals surface area contributed by atoms with Gasteiger partial charge < -0.3 is 5.32 Å². The minimum absolute atomic E-state index is 0.234. The van der Waals surface area contributed by atoms with Crippen molar-refractivity contribution in [2.45, 2.75) is 72.8 Å². The molecule has 2 fully saturated rings. The molecule has 0 aromatic heterocycles. The van der Waals surface area contributed by atoms with Gasteiger partial charge in [0.25, 0.3) is 0 Å². The summed E-state index contributed by atoms with van der Waals surface area (Å²) in [6.45, 7) is 13.0. The summed E-state index contributed by atoms with van der Waals surface area (Å²) in [5.41, 5.74) is 1.18. The van der Waals surface area contributed by atoms with Gasteiger partial charge in [-0.1, -0.05) is 34.6 Å². The van der Waals surface area contributed by atoms with Gasteiger partial charge in [0.2, 0.25) is 0 Å². The molecule has 0 aromatic carbocycles. The highest BCUT2D eigenvalue weighted by atomic mass is 15.0. The number of hydrogen-bond acceptors (Lipinski definition) is 2. The Morgan fingerprint density at radius 1 is 1.32 bits per heavy atom. The van der Waals surface area contributed by atoms with Crippen LogP contribution < -0.4 is 5.32 Å². The highest BCUT2D eigenvalue weighted by Crippen LogP contribution is 2.65. The monoisotopic (exact) mass is 262 g/mol. The van der Waals surface area contributed by atoms with Crippen LogP contribution in [-0.2, 0) is 0 Å². The first-order chi connectivity index (χ1) is 8.73. The smallest absolute Gasteiger partial charge is 0.0621 e.